The summed E-state index contributed by atoms with van der Waals surface area (Å²) in [6, 6.07) is 6.25. The van der Waals surface area contributed by atoms with Gasteiger partial charge in [0.15, 0.2) is 0 Å². The first-order chi connectivity index (χ1) is 10.8. The van der Waals surface area contributed by atoms with E-state index in [1.165, 1.54) is 18.3 Å². The molecule has 0 saturated heterocycles. The van der Waals surface area contributed by atoms with E-state index in [1.54, 1.807) is 12.1 Å². The van der Waals surface area contributed by atoms with E-state index in [0.29, 0.717) is 12.1 Å². The zero-order valence-corrected chi connectivity index (χ0v) is 14.0. The summed E-state index contributed by atoms with van der Waals surface area (Å²) in [5.41, 5.74) is 0.562. The zero-order chi connectivity index (χ0) is 16.9. The molecule has 0 radical (unpaired) electrons. The molecule has 0 amide bonds. The molecule has 2 N–H and O–H groups in total. The van der Waals surface area contributed by atoms with E-state index < -0.39 is 16.1 Å². The lowest BCUT2D eigenvalue weighted by atomic mass is 9.87. The lowest BCUT2D eigenvalue weighted by molar-refractivity contribution is 0.164. The number of aliphatic hydroxyl groups excluding tert-OH is 1. The van der Waals surface area contributed by atoms with E-state index in [1.807, 2.05) is 0 Å². The molecule has 7 heteroatoms. The smallest absolute Gasteiger partial charge is 0.249 e. The number of nitrogens with zero attached hydrogens (tertiary/aromatic N) is 1. The van der Waals surface area contributed by atoms with Crippen LogP contribution in [0.3, 0.4) is 0 Å². The Balaban J connectivity index is 1.75. The quantitative estimate of drug-likeness (QED) is 0.776. The van der Waals surface area contributed by atoms with Crippen LogP contribution in [0.5, 0.6) is 0 Å². The molecule has 0 unspecified atom stereocenters. The van der Waals surface area contributed by atoms with Gasteiger partial charge in [0.1, 0.15) is 5.82 Å². The Labute approximate surface area is 136 Å². The van der Waals surface area contributed by atoms with Crippen molar-refractivity contribution in [2.45, 2.75) is 37.8 Å². The first kappa shape index (κ1) is 18.0. The normalized spacial score (nSPS) is 24.0. The average Bonchev–Trinajstić information content (AvgIpc) is 2.51. The first-order valence-electron chi connectivity index (χ1n) is 7.76. The van der Waals surface area contributed by atoms with Crippen LogP contribution in [-0.4, -0.2) is 38.6 Å². The second kappa shape index (κ2) is 7.99. The third kappa shape index (κ3) is 6.37. The molecule has 1 aliphatic carbocycles. The highest BCUT2D eigenvalue weighted by Gasteiger charge is 2.21. The second-order valence-corrected chi connectivity index (χ2v) is 7.76. The van der Waals surface area contributed by atoms with Crippen LogP contribution in [0, 0.1) is 11.7 Å². The van der Waals surface area contributed by atoms with Gasteiger partial charge >= 0.3 is 0 Å². The molecule has 1 atom stereocenters. The predicted octanol–water partition coefficient (Wildman–Crippen LogP) is 2.04. The van der Waals surface area contributed by atoms with Crippen LogP contribution in [0.2, 0.25) is 0 Å². The van der Waals surface area contributed by atoms with Crippen molar-refractivity contribution in [3.05, 3.63) is 35.6 Å². The number of aliphatic hydroxyl groups is 1. The Bertz CT molecular complexity index is 640. The van der Waals surface area contributed by atoms with Crippen molar-refractivity contribution in [3.63, 3.8) is 0 Å². The number of hydrogen-bond acceptors (Lipinski definition) is 4. The molecule has 0 aromatic heterocycles. The Morgan fingerprint density at radius 1 is 1.39 bits per heavy atom. The molecule has 0 bridgehead atoms. The topological polar surface area (TPSA) is 78.8 Å². The summed E-state index contributed by atoms with van der Waals surface area (Å²) < 4.78 is 38.7. The highest BCUT2D eigenvalue weighted by molar-refractivity contribution is 7.89. The van der Waals surface area contributed by atoms with Crippen LogP contribution < -0.4 is 5.32 Å². The first-order valence-corrected chi connectivity index (χ1v) is 9.60. The second-order valence-electron chi connectivity index (χ2n) is 6.08. The van der Waals surface area contributed by atoms with Crippen LogP contribution in [0.1, 0.15) is 37.4 Å². The molecule has 5 nitrogen and oxygen atoms in total. The highest BCUT2D eigenvalue weighted by Crippen LogP contribution is 2.23. The summed E-state index contributed by atoms with van der Waals surface area (Å²) in [5.74, 6) is -0.164. The molecule has 1 aliphatic rings. The van der Waals surface area contributed by atoms with E-state index in [-0.39, 0.29) is 17.8 Å². The van der Waals surface area contributed by atoms with E-state index in [9.17, 15) is 17.9 Å². The standard InChI is InChI=1S/C16H23FN2O3S/c1-23(21,22)19-10-12-5-7-15(8-6-12)18-11-16(20)13-3-2-4-14(17)9-13/h2-4,9-10,12,15-16,18,20H,5-8,11H2,1H3/b19-10+/t12?,15?,16-/m0/s1. The Kier molecular flexibility index (Phi) is 6.26. The maximum absolute atomic E-state index is 13.1. The molecule has 2 rings (SSSR count). The van der Waals surface area contributed by atoms with Gasteiger partial charge in [-0.1, -0.05) is 12.1 Å². The summed E-state index contributed by atoms with van der Waals surface area (Å²) in [7, 11) is -3.30. The maximum atomic E-state index is 13.1. The monoisotopic (exact) mass is 342 g/mol. The van der Waals surface area contributed by atoms with Crippen molar-refractivity contribution in [2.75, 3.05) is 12.8 Å². The molecule has 1 aromatic rings. The number of halogens is 1. The summed E-state index contributed by atoms with van der Waals surface area (Å²) in [6.45, 7) is 0.371. The molecule has 128 valence electrons. The zero-order valence-electron chi connectivity index (χ0n) is 13.2. The van der Waals surface area contributed by atoms with Crippen molar-refractivity contribution in [1.82, 2.24) is 5.32 Å². The molecular formula is C16H23FN2O3S. The van der Waals surface area contributed by atoms with Gasteiger partial charge in [0.2, 0.25) is 10.0 Å². The van der Waals surface area contributed by atoms with Gasteiger partial charge in [0.05, 0.1) is 12.4 Å². The lowest BCUT2D eigenvalue weighted by Gasteiger charge is -2.28. The minimum atomic E-state index is -3.30. The molecule has 0 heterocycles. The number of sulfonamides is 1. The van der Waals surface area contributed by atoms with Crippen LogP contribution in [0.15, 0.2) is 28.7 Å². The fraction of sp³-hybridized carbons (Fsp3) is 0.562. The summed E-state index contributed by atoms with van der Waals surface area (Å²) in [4.78, 5) is 0. The van der Waals surface area contributed by atoms with Gasteiger partial charge in [0, 0.05) is 18.8 Å². The van der Waals surface area contributed by atoms with Crippen molar-refractivity contribution in [2.24, 2.45) is 10.3 Å². The van der Waals surface area contributed by atoms with Crippen LogP contribution in [-0.2, 0) is 10.0 Å². The molecule has 23 heavy (non-hydrogen) atoms. The Hall–Kier alpha value is -1.31. The molecule has 1 aromatic carbocycles. The number of rotatable bonds is 6. The van der Waals surface area contributed by atoms with Gasteiger partial charge in [-0.3, -0.25) is 0 Å². The summed E-state index contributed by atoms with van der Waals surface area (Å²) in [5, 5.41) is 13.4. The van der Waals surface area contributed by atoms with E-state index in [0.717, 1.165) is 31.9 Å². The average molecular weight is 342 g/mol. The fourth-order valence-corrected chi connectivity index (χ4v) is 3.17. The van der Waals surface area contributed by atoms with E-state index in [2.05, 4.69) is 9.71 Å². The van der Waals surface area contributed by atoms with E-state index in [4.69, 9.17) is 0 Å². The summed E-state index contributed by atoms with van der Waals surface area (Å²) >= 11 is 0. The minimum Gasteiger partial charge on any atom is -0.387 e. The molecule has 1 fully saturated rings. The van der Waals surface area contributed by atoms with Gasteiger partial charge in [-0.25, -0.2) is 12.8 Å². The maximum Gasteiger partial charge on any atom is 0.249 e. The number of nitrogens with one attached hydrogen (secondary N) is 1. The van der Waals surface area contributed by atoms with Crippen molar-refractivity contribution >= 4 is 16.2 Å². The SMILES string of the molecule is CS(=O)(=O)/N=C/C1CCC(NC[C@H](O)c2cccc(F)c2)CC1. The fourth-order valence-electron chi connectivity index (χ4n) is 2.78. The minimum absolute atomic E-state index is 0.191. The third-order valence-corrected chi connectivity index (χ3v) is 4.57. The molecule has 1 saturated carbocycles. The van der Waals surface area contributed by atoms with Crippen molar-refractivity contribution in [3.8, 4) is 0 Å². The van der Waals surface area contributed by atoms with Crippen molar-refractivity contribution < 1.29 is 17.9 Å². The van der Waals surface area contributed by atoms with Crippen LogP contribution >= 0.6 is 0 Å². The highest BCUT2D eigenvalue weighted by atomic mass is 32.2. The van der Waals surface area contributed by atoms with Gasteiger partial charge in [-0.15, -0.1) is 0 Å². The predicted molar refractivity (Wildman–Crippen MR) is 88.4 cm³/mol. The Morgan fingerprint density at radius 3 is 2.70 bits per heavy atom. The largest absolute Gasteiger partial charge is 0.387 e. The Morgan fingerprint density at radius 2 is 2.09 bits per heavy atom. The van der Waals surface area contributed by atoms with Crippen LogP contribution in [0.25, 0.3) is 0 Å². The van der Waals surface area contributed by atoms with Gasteiger partial charge in [-0.2, -0.15) is 4.40 Å². The molecule has 0 spiro atoms. The third-order valence-electron chi connectivity index (χ3n) is 4.07. The number of benzene rings is 1. The van der Waals surface area contributed by atoms with Gasteiger partial charge in [0.25, 0.3) is 0 Å². The lowest BCUT2D eigenvalue weighted by Crippen LogP contribution is -2.36. The molecular weight excluding hydrogens is 319 g/mol. The molecule has 0 aliphatic heterocycles. The van der Waals surface area contributed by atoms with E-state index >= 15 is 0 Å². The van der Waals surface area contributed by atoms with Gasteiger partial charge < -0.3 is 10.4 Å². The van der Waals surface area contributed by atoms with Crippen LogP contribution in [0.4, 0.5) is 4.39 Å². The van der Waals surface area contributed by atoms with Crippen molar-refractivity contribution in [1.29, 1.82) is 0 Å². The van der Waals surface area contributed by atoms with Gasteiger partial charge in [-0.05, 0) is 49.3 Å². The summed E-state index contributed by atoms with van der Waals surface area (Å²) in [6.07, 6.45) is 5.42. The number of hydrogen-bond donors (Lipinski definition) is 2.